The number of hydrogen-bond acceptors (Lipinski definition) is 9. The number of hydrogen-bond donors (Lipinski definition) is 1. The number of nitrogens with zero attached hydrogens (tertiary/aromatic N) is 4. The molecular weight excluding hydrogens is 454 g/mol. The first-order chi connectivity index (χ1) is 15.2. The van der Waals surface area contributed by atoms with Crippen LogP contribution in [0, 0.1) is 17.0 Å². The third-order valence-electron chi connectivity index (χ3n) is 4.64. The molecule has 1 unspecified atom stereocenters. The molecule has 0 bridgehead atoms. The van der Waals surface area contributed by atoms with E-state index in [4.69, 9.17) is 4.74 Å². The molecular formula is C20H17N5O5S2. The van der Waals surface area contributed by atoms with Crippen LogP contribution in [0.2, 0.25) is 0 Å². The highest BCUT2D eigenvalue weighted by molar-refractivity contribution is 7.20. The molecule has 1 amide bonds. The summed E-state index contributed by atoms with van der Waals surface area (Å²) >= 11 is 2.42. The van der Waals surface area contributed by atoms with Gasteiger partial charge in [-0.25, -0.2) is 9.78 Å². The fourth-order valence-corrected chi connectivity index (χ4v) is 4.76. The van der Waals surface area contributed by atoms with Gasteiger partial charge >= 0.3 is 5.97 Å². The summed E-state index contributed by atoms with van der Waals surface area (Å²) in [6, 6.07) is 7.77. The van der Waals surface area contributed by atoms with Gasteiger partial charge in [-0.3, -0.25) is 24.9 Å². The normalized spacial score (nSPS) is 12.0. The van der Waals surface area contributed by atoms with E-state index in [1.807, 2.05) is 6.92 Å². The molecule has 3 heterocycles. The number of carbonyl (C=O) groups is 2. The van der Waals surface area contributed by atoms with E-state index < -0.39 is 22.9 Å². The summed E-state index contributed by atoms with van der Waals surface area (Å²) < 4.78 is 7.01. The maximum Gasteiger partial charge on any atom is 0.349 e. The molecule has 1 atom stereocenters. The number of thiophene rings is 1. The number of fused-ring (bicyclic) bond motifs is 1. The standard InChI is InChI=1S/C20H17N5O5S2/c1-10-14-8-16(32-18(14)24(3)23-10)19(27)30-11(2)17(26)22-20-21-15(9-31-20)12-5-4-6-13(7-12)25(28)29/h4-9,11H,1-3H3,(H,21,22,26). The Kier molecular flexibility index (Phi) is 5.72. The lowest BCUT2D eigenvalue weighted by Crippen LogP contribution is -2.29. The summed E-state index contributed by atoms with van der Waals surface area (Å²) in [4.78, 5) is 41.0. The number of carbonyl (C=O) groups excluding carboxylic acids is 2. The molecule has 164 valence electrons. The fourth-order valence-electron chi connectivity index (χ4n) is 3.03. The Labute approximate surface area is 189 Å². The Hall–Kier alpha value is -3.64. The SMILES string of the molecule is Cc1nn(C)c2sc(C(=O)OC(C)C(=O)Nc3nc(-c4cccc([N+](=O)[O-])c4)cs3)cc12. The van der Waals surface area contributed by atoms with Crippen LogP contribution in [0.25, 0.3) is 21.5 Å². The first-order valence-electron chi connectivity index (χ1n) is 9.38. The van der Waals surface area contributed by atoms with Gasteiger partial charge in [0.1, 0.15) is 9.71 Å². The van der Waals surface area contributed by atoms with E-state index in [0.717, 1.165) is 15.9 Å². The molecule has 1 aromatic carbocycles. The predicted octanol–water partition coefficient (Wildman–Crippen LogP) is 4.16. The van der Waals surface area contributed by atoms with Crippen molar-refractivity contribution in [2.45, 2.75) is 20.0 Å². The summed E-state index contributed by atoms with van der Waals surface area (Å²) in [5, 5.41) is 20.7. The van der Waals surface area contributed by atoms with Crippen LogP contribution in [0.4, 0.5) is 10.8 Å². The predicted molar refractivity (Wildman–Crippen MR) is 121 cm³/mol. The van der Waals surface area contributed by atoms with Crippen LogP contribution < -0.4 is 5.32 Å². The quantitative estimate of drug-likeness (QED) is 0.254. The Bertz CT molecular complexity index is 1320. The average molecular weight is 472 g/mol. The van der Waals surface area contributed by atoms with E-state index in [9.17, 15) is 19.7 Å². The van der Waals surface area contributed by atoms with Gasteiger partial charge in [0, 0.05) is 35.5 Å². The van der Waals surface area contributed by atoms with Crippen molar-refractivity contribution >= 4 is 55.6 Å². The molecule has 0 saturated heterocycles. The number of amides is 1. The molecule has 4 aromatic rings. The zero-order valence-corrected chi connectivity index (χ0v) is 18.8. The molecule has 0 radical (unpaired) electrons. The second kappa shape index (κ2) is 8.48. The smallest absolute Gasteiger partial charge is 0.349 e. The molecule has 0 saturated carbocycles. The number of nitro benzene ring substituents is 1. The van der Waals surface area contributed by atoms with Crippen molar-refractivity contribution in [3.05, 3.63) is 56.4 Å². The number of esters is 1. The van der Waals surface area contributed by atoms with E-state index in [1.54, 1.807) is 35.3 Å². The van der Waals surface area contributed by atoms with Crippen LogP contribution >= 0.6 is 22.7 Å². The molecule has 1 N–H and O–H groups in total. The zero-order valence-electron chi connectivity index (χ0n) is 17.2. The van der Waals surface area contributed by atoms with Crippen LogP contribution in [0.5, 0.6) is 0 Å². The monoisotopic (exact) mass is 471 g/mol. The minimum Gasteiger partial charge on any atom is -0.448 e. The summed E-state index contributed by atoms with van der Waals surface area (Å²) in [7, 11) is 1.80. The van der Waals surface area contributed by atoms with Crippen LogP contribution in [-0.4, -0.2) is 37.7 Å². The van der Waals surface area contributed by atoms with Gasteiger partial charge in [-0.2, -0.15) is 5.10 Å². The highest BCUT2D eigenvalue weighted by Gasteiger charge is 2.23. The van der Waals surface area contributed by atoms with E-state index in [-0.39, 0.29) is 5.69 Å². The van der Waals surface area contributed by atoms with E-state index in [1.165, 1.54) is 41.7 Å². The van der Waals surface area contributed by atoms with Gasteiger partial charge in [0.15, 0.2) is 11.2 Å². The van der Waals surface area contributed by atoms with E-state index in [0.29, 0.717) is 21.3 Å². The van der Waals surface area contributed by atoms with E-state index in [2.05, 4.69) is 15.4 Å². The molecule has 0 aliphatic rings. The van der Waals surface area contributed by atoms with Crippen molar-refractivity contribution in [1.82, 2.24) is 14.8 Å². The number of ether oxygens (including phenoxy) is 1. The maximum atomic E-state index is 12.5. The minimum absolute atomic E-state index is 0.0474. The van der Waals surface area contributed by atoms with Crippen molar-refractivity contribution in [1.29, 1.82) is 0 Å². The number of rotatable bonds is 6. The maximum absolute atomic E-state index is 12.5. The van der Waals surface area contributed by atoms with Crippen molar-refractivity contribution in [2.75, 3.05) is 5.32 Å². The zero-order chi connectivity index (χ0) is 23.0. The number of anilines is 1. The Morgan fingerprint density at radius 3 is 2.81 bits per heavy atom. The summed E-state index contributed by atoms with van der Waals surface area (Å²) in [5.74, 6) is -1.12. The Balaban J connectivity index is 1.41. The minimum atomic E-state index is -1.04. The number of aromatic nitrogens is 3. The molecule has 32 heavy (non-hydrogen) atoms. The lowest BCUT2D eigenvalue weighted by Gasteiger charge is -2.11. The fraction of sp³-hybridized carbons (Fsp3) is 0.200. The highest BCUT2D eigenvalue weighted by atomic mass is 32.1. The molecule has 4 rings (SSSR count). The largest absolute Gasteiger partial charge is 0.448 e. The van der Waals surface area contributed by atoms with Gasteiger partial charge in [-0.15, -0.1) is 22.7 Å². The molecule has 12 heteroatoms. The number of thiazole rings is 1. The lowest BCUT2D eigenvalue weighted by molar-refractivity contribution is -0.384. The topological polar surface area (TPSA) is 129 Å². The van der Waals surface area contributed by atoms with Gasteiger partial charge in [0.05, 0.1) is 16.3 Å². The number of nitro groups is 1. The molecule has 3 aromatic heterocycles. The van der Waals surface area contributed by atoms with Gasteiger partial charge in [0.25, 0.3) is 11.6 Å². The molecule has 0 fully saturated rings. The molecule has 0 aliphatic heterocycles. The van der Waals surface area contributed by atoms with Crippen LogP contribution in [0.1, 0.15) is 22.3 Å². The first-order valence-corrected chi connectivity index (χ1v) is 11.1. The molecule has 0 aliphatic carbocycles. The second-order valence-corrected chi connectivity index (χ2v) is 8.81. The van der Waals surface area contributed by atoms with Gasteiger partial charge in [-0.05, 0) is 19.9 Å². The van der Waals surface area contributed by atoms with Crippen molar-refractivity contribution in [3.8, 4) is 11.3 Å². The molecule has 0 spiro atoms. The third kappa shape index (κ3) is 4.22. The number of non-ortho nitro benzene ring substituents is 1. The summed E-state index contributed by atoms with van der Waals surface area (Å²) in [6.45, 7) is 3.33. The van der Waals surface area contributed by atoms with Crippen molar-refractivity contribution in [2.24, 2.45) is 7.05 Å². The van der Waals surface area contributed by atoms with Gasteiger partial charge in [-0.1, -0.05) is 12.1 Å². The first kappa shape index (κ1) is 21.6. The Morgan fingerprint density at radius 1 is 1.31 bits per heavy atom. The highest BCUT2D eigenvalue weighted by Crippen LogP contribution is 2.29. The van der Waals surface area contributed by atoms with E-state index >= 15 is 0 Å². The Morgan fingerprint density at radius 2 is 2.09 bits per heavy atom. The number of aryl methyl sites for hydroxylation is 2. The van der Waals surface area contributed by atoms with Crippen LogP contribution in [-0.2, 0) is 16.6 Å². The number of nitrogens with one attached hydrogen (secondary N) is 1. The third-order valence-corrected chi connectivity index (χ3v) is 6.58. The molecule has 10 nitrogen and oxygen atoms in total. The lowest BCUT2D eigenvalue weighted by atomic mass is 10.1. The summed E-state index contributed by atoms with van der Waals surface area (Å²) in [5.41, 5.74) is 1.82. The van der Waals surface area contributed by atoms with Gasteiger partial charge < -0.3 is 4.74 Å². The summed E-state index contributed by atoms with van der Waals surface area (Å²) in [6.07, 6.45) is -1.04. The van der Waals surface area contributed by atoms with Crippen molar-refractivity contribution < 1.29 is 19.2 Å². The second-order valence-electron chi connectivity index (χ2n) is 6.92. The van der Waals surface area contributed by atoms with Gasteiger partial charge in [0.2, 0.25) is 0 Å². The number of benzene rings is 1. The van der Waals surface area contributed by atoms with Crippen LogP contribution in [0.15, 0.2) is 35.7 Å². The average Bonchev–Trinajstić information content (AvgIpc) is 3.46. The van der Waals surface area contributed by atoms with Crippen molar-refractivity contribution in [3.63, 3.8) is 0 Å². The van der Waals surface area contributed by atoms with Crippen LogP contribution in [0.3, 0.4) is 0 Å².